The van der Waals surface area contributed by atoms with Gasteiger partial charge in [-0.15, -0.1) is 0 Å². The second-order valence-corrected chi connectivity index (χ2v) is 9.43. The molecule has 0 aromatic heterocycles. The Morgan fingerprint density at radius 2 is 1.33 bits per heavy atom. The van der Waals surface area contributed by atoms with Crippen molar-refractivity contribution < 1.29 is 19.2 Å². The molecule has 170 valence electrons. The third-order valence-corrected chi connectivity index (χ3v) is 6.01. The third kappa shape index (κ3) is 6.46. The van der Waals surface area contributed by atoms with Crippen LogP contribution < -0.4 is 10.4 Å². The summed E-state index contributed by atoms with van der Waals surface area (Å²) < 4.78 is 12.3. The van der Waals surface area contributed by atoms with Gasteiger partial charge in [0, 0.05) is 37.4 Å². The molecule has 30 heavy (non-hydrogen) atoms. The van der Waals surface area contributed by atoms with Crippen LogP contribution in [0.1, 0.15) is 62.3 Å². The Morgan fingerprint density at radius 3 is 1.70 bits per heavy atom. The van der Waals surface area contributed by atoms with Crippen LogP contribution in [0.4, 0.5) is 5.69 Å². The predicted molar refractivity (Wildman–Crippen MR) is 126 cm³/mol. The molecular weight excluding hydrogens is 379 g/mol. The fourth-order valence-corrected chi connectivity index (χ4v) is 3.46. The summed E-state index contributed by atoms with van der Waals surface area (Å²) in [5.74, 6) is 0. The molecule has 2 aliphatic heterocycles. The normalized spacial score (nSPS) is 20.6. The van der Waals surface area contributed by atoms with Crippen LogP contribution in [0.2, 0.25) is 0 Å². The molecule has 1 aromatic rings. The number of benzene rings is 1. The van der Waals surface area contributed by atoms with E-state index in [9.17, 15) is 0 Å². The SMILES string of the molecule is CC.CC(C)(C)N1CCN(c2ccc(B3OC(C)(C)C(C)(C)O3)cc2)CC1.O=CO. The summed E-state index contributed by atoms with van der Waals surface area (Å²) in [6.07, 6.45) is 0. The Morgan fingerprint density at radius 1 is 0.933 bits per heavy atom. The number of piperazine rings is 1. The van der Waals surface area contributed by atoms with Crippen LogP contribution in [0.5, 0.6) is 0 Å². The highest BCUT2D eigenvalue weighted by molar-refractivity contribution is 6.62. The van der Waals surface area contributed by atoms with Gasteiger partial charge < -0.3 is 19.3 Å². The van der Waals surface area contributed by atoms with Gasteiger partial charge in [0.2, 0.25) is 0 Å². The molecule has 7 heteroatoms. The van der Waals surface area contributed by atoms with E-state index >= 15 is 0 Å². The first-order valence-electron chi connectivity index (χ1n) is 10.9. The number of hydrogen-bond donors (Lipinski definition) is 1. The summed E-state index contributed by atoms with van der Waals surface area (Å²) in [5, 5.41) is 6.89. The van der Waals surface area contributed by atoms with Gasteiger partial charge in [0.25, 0.3) is 6.47 Å². The van der Waals surface area contributed by atoms with E-state index in [1.807, 2.05) is 13.8 Å². The smallest absolute Gasteiger partial charge is 0.483 e. The van der Waals surface area contributed by atoms with Crippen molar-refractivity contribution in [1.29, 1.82) is 0 Å². The van der Waals surface area contributed by atoms with E-state index in [4.69, 9.17) is 19.2 Å². The van der Waals surface area contributed by atoms with Crippen molar-refractivity contribution in [3.05, 3.63) is 24.3 Å². The lowest BCUT2D eigenvalue weighted by atomic mass is 9.79. The highest BCUT2D eigenvalue weighted by Crippen LogP contribution is 2.36. The number of rotatable bonds is 2. The first kappa shape index (κ1) is 26.5. The third-order valence-electron chi connectivity index (χ3n) is 6.01. The monoisotopic (exact) mass is 420 g/mol. The molecule has 0 amide bonds. The van der Waals surface area contributed by atoms with Crippen LogP contribution in [-0.2, 0) is 14.1 Å². The van der Waals surface area contributed by atoms with Gasteiger partial charge in [-0.25, -0.2) is 0 Å². The minimum Gasteiger partial charge on any atom is -0.483 e. The lowest BCUT2D eigenvalue weighted by Gasteiger charge is -2.43. The van der Waals surface area contributed by atoms with Gasteiger partial charge in [-0.3, -0.25) is 9.69 Å². The van der Waals surface area contributed by atoms with E-state index in [0.29, 0.717) is 0 Å². The maximum atomic E-state index is 8.36. The van der Waals surface area contributed by atoms with Crippen molar-refractivity contribution in [2.45, 2.75) is 79.1 Å². The molecule has 2 fully saturated rings. The van der Waals surface area contributed by atoms with Crippen molar-refractivity contribution >= 4 is 24.7 Å². The number of carboxylic acid groups (broad SMARTS) is 1. The number of carbonyl (C=O) groups is 1. The standard InChI is InChI=1S/C20H33BN2O2.C2H6.CH2O2/c1-18(2,3)23-14-12-22(13-15-23)17-10-8-16(9-11-17)21-24-19(4,5)20(6,7)25-21;1-2;2-1-3/h8-11H,12-15H2,1-7H3;1-2H3;1H,(H,2,3). The molecule has 2 saturated heterocycles. The summed E-state index contributed by atoms with van der Waals surface area (Å²) in [6, 6.07) is 8.70. The topological polar surface area (TPSA) is 62.2 Å². The number of anilines is 1. The molecule has 1 aromatic carbocycles. The fourth-order valence-electron chi connectivity index (χ4n) is 3.46. The number of hydrogen-bond acceptors (Lipinski definition) is 5. The van der Waals surface area contributed by atoms with Gasteiger partial charge in [0.1, 0.15) is 0 Å². The fraction of sp³-hybridized carbons (Fsp3) is 0.696. The van der Waals surface area contributed by atoms with Gasteiger partial charge in [-0.2, -0.15) is 0 Å². The summed E-state index contributed by atoms with van der Waals surface area (Å²) in [4.78, 5) is 13.4. The summed E-state index contributed by atoms with van der Waals surface area (Å²) in [7, 11) is -0.281. The zero-order chi connectivity index (χ0) is 23.2. The molecular formula is C23H41BN2O4. The number of nitrogens with zero attached hydrogens (tertiary/aromatic N) is 2. The average Bonchev–Trinajstić information content (AvgIpc) is 2.91. The Bertz CT molecular complexity index is 632. The molecule has 3 rings (SSSR count). The molecule has 0 atom stereocenters. The van der Waals surface area contributed by atoms with E-state index < -0.39 is 0 Å². The Labute approximate surface area is 183 Å². The molecule has 2 heterocycles. The molecule has 0 unspecified atom stereocenters. The highest BCUT2D eigenvalue weighted by Gasteiger charge is 2.51. The van der Waals surface area contributed by atoms with Crippen LogP contribution in [0.15, 0.2) is 24.3 Å². The Kier molecular flexibility index (Phi) is 9.39. The van der Waals surface area contributed by atoms with Crippen molar-refractivity contribution in [1.82, 2.24) is 4.90 Å². The van der Waals surface area contributed by atoms with Crippen LogP contribution >= 0.6 is 0 Å². The van der Waals surface area contributed by atoms with Crippen molar-refractivity contribution in [3.8, 4) is 0 Å². The molecule has 0 radical (unpaired) electrons. The molecule has 0 spiro atoms. The quantitative estimate of drug-likeness (QED) is 0.583. The molecule has 0 bridgehead atoms. The molecule has 0 aliphatic carbocycles. The summed E-state index contributed by atoms with van der Waals surface area (Å²) in [5.41, 5.74) is 2.05. The maximum absolute atomic E-state index is 8.36. The van der Waals surface area contributed by atoms with Gasteiger partial charge in [-0.1, -0.05) is 26.0 Å². The van der Waals surface area contributed by atoms with Gasteiger partial charge in [-0.05, 0) is 66.1 Å². The van der Waals surface area contributed by atoms with Crippen LogP contribution in [-0.4, -0.2) is 66.5 Å². The highest BCUT2D eigenvalue weighted by atomic mass is 16.7. The van der Waals surface area contributed by atoms with Crippen LogP contribution in [0, 0.1) is 0 Å². The molecule has 1 N–H and O–H groups in total. The van der Waals surface area contributed by atoms with Crippen molar-refractivity contribution in [2.75, 3.05) is 31.1 Å². The molecule has 2 aliphatic rings. The van der Waals surface area contributed by atoms with E-state index in [0.717, 1.165) is 31.6 Å². The van der Waals surface area contributed by atoms with E-state index in [1.165, 1.54) is 5.69 Å². The lowest BCUT2D eigenvalue weighted by molar-refractivity contribution is -0.122. The summed E-state index contributed by atoms with van der Waals surface area (Å²) in [6.45, 7) is 23.4. The second-order valence-electron chi connectivity index (χ2n) is 9.43. The second kappa shape index (κ2) is 10.6. The zero-order valence-electron chi connectivity index (χ0n) is 20.4. The van der Waals surface area contributed by atoms with Crippen LogP contribution in [0.3, 0.4) is 0 Å². The van der Waals surface area contributed by atoms with Gasteiger partial charge in [0.15, 0.2) is 0 Å². The van der Waals surface area contributed by atoms with Crippen molar-refractivity contribution in [3.63, 3.8) is 0 Å². The van der Waals surface area contributed by atoms with Gasteiger partial charge in [0.05, 0.1) is 11.2 Å². The minimum absolute atomic E-state index is 0.250. The Hall–Kier alpha value is -1.57. The van der Waals surface area contributed by atoms with E-state index in [2.05, 4.69) is 82.5 Å². The molecule has 0 saturated carbocycles. The van der Waals surface area contributed by atoms with Crippen LogP contribution in [0.25, 0.3) is 0 Å². The zero-order valence-corrected chi connectivity index (χ0v) is 20.4. The first-order chi connectivity index (χ1) is 13.9. The maximum Gasteiger partial charge on any atom is 0.494 e. The van der Waals surface area contributed by atoms with E-state index in [1.54, 1.807) is 0 Å². The first-order valence-corrected chi connectivity index (χ1v) is 10.9. The average molecular weight is 420 g/mol. The lowest BCUT2D eigenvalue weighted by Crippen LogP contribution is -2.53. The van der Waals surface area contributed by atoms with Gasteiger partial charge >= 0.3 is 7.12 Å². The van der Waals surface area contributed by atoms with E-state index in [-0.39, 0.29) is 30.3 Å². The molecule has 6 nitrogen and oxygen atoms in total. The Balaban J connectivity index is 0.000000826. The summed E-state index contributed by atoms with van der Waals surface area (Å²) >= 11 is 0. The van der Waals surface area contributed by atoms with Crippen molar-refractivity contribution in [2.24, 2.45) is 0 Å². The minimum atomic E-state index is -0.292. The predicted octanol–water partition coefficient (Wildman–Crippen LogP) is 3.63. The largest absolute Gasteiger partial charge is 0.494 e.